The first-order chi connectivity index (χ1) is 2.77. The van der Waals surface area contributed by atoms with E-state index in [4.69, 9.17) is 10.2 Å². The van der Waals surface area contributed by atoms with E-state index in [1.807, 2.05) is 0 Å². The zero-order valence-electron chi connectivity index (χ0n) is 3.35. The van der Waals surface area contributed by atoms with Crippen molar-refractivity contribution in [3.63, 3.8) is 0 Å². The minimum absolute atomic E-state index is 0.514. The Kier molecular flexibility index (Phi) is 0.825. The monoisotopic (exact) mass is 105 g/mol. The predicted octanol–water partition coefficient (Wildman–Crippen LogP) is 0.0757. The molecule has 1 fully saturated rings. The molecule has 1 aliphatic rings. The maximum atomic E-state index is 8.78. The molecule has 0 spiro atoms. The molecule has 3 heteroatoms. The van der Waals surface area contributed by atoms with Crippen LogP contribution in [-0.2, 0) is 0 Å². The average Bonchev–Trinajstić information content (AvgIpc) is 2.22. The van der Waals surface area contributed by atoms with Crippen LogP contribution in [0.2, 0.25) is 0 Å². The van der Waals surface area contributed by atoms with Gasteiger partial charge in [-0.3, -0.25) is 5.14 Å². The number of nitrogens with two attached hydrogens (primary N) is 1. The van der Waals surface area contributed by atoms with Crippen molar-refractivity contribution in [2.45, 2.75) is 17.8 Å². The number of hydrogen-bond donors (Lipinski definition) is 2. The van der Waals surface area contributed by atoms with Crippen LogP contribution in [0.3, 0.4) is 0 Å². The van der Waals surface area contributed by atoms with Crippen LogP contribution in [-0.4, -0.2) is 10.0 Å². The lowest BCUT2D eigenvalue weighted by Gasteiger charge is -1.95. The number of hydrogen-bond acceptors (Lipinski definition) is 3. The fourth-order valence-electron chi connectivity index (χ4n) is 0.225. The molecule has 6 heavy (non-hydrogen) atoms. The van der Waals surface area contributed by atoms with Gasteiger partial charge in [-0.15, -0.1) is 0 Å². The van der Waals surface area contributed by atoms with E-state index in [2.05, 4.69) is 0 Å². The number of rotatable bonds is 1. The van der Waals surface area contributed by atoms with Crippen LogP contribution < -0.4 is 5.14 Å². The van der Waals surface area contributed by atoms with Crippen molar-refractivity contribution in [1.82, 2.24) is 0 Å². The van der Waals surface area contributed by atoms with Crippen LogP contribution in [0.15, 0.2) is 0 Å². The van der Waals surface area contributed by atoms with Crippen molar-refractivity contribution >= 4 is 11.9 Å². The third-order valence-electron chi connectivity index (χ3n) is 0.897. The summed E-state index contributed by atoms with van der Waals surface area (Å²) in [7, 11) is 0. The molecule has 0 atom stereocenters. The largest absolute Gasteiger partial charge is 0.378 e. The summed E-state index contributed by atoms with van der Waals surface area (Å²) in [5.74, 6) is 0. The maximum absolute atomic E-state index is 8.78. The minimum Gasteiger partial charge on any atom is -0.378 e. The summed E-state index contributed by atoms with van der Waals surface area (Å²) in [5.41, 5.74) is 0. The third kappa shape index (κ3) is 0.668. The van der Waals surface area contributed by atoms with E-state index >= 15 is 0 Å². The summed E-state index contributed by atoms with van der Waals surface area (Å²) in [6, 6.07) is 0. The Bertz CT molecular complexity index is 61.8. The molecule has 36 valence electrons. The van der Waals surface area contributed by atoms with E-state index in [0.29, 0.717) is 0 Å². The molecular formula is C3H7NOS. The predicted molar refractivity (Wildman–Crippen MR) is 26.0 cm³/mol. The van der Waals surface area contributed by atoms with Crippen LogP contribution >= 0.6 is 11.9 Å². The van der Waals surface area contributed by atoms with E-state index in [-0.39, 0.29) is 0 Å². The van der Waals surface area contributed by atoms with Crippen molar-refractivity contribution in [3.05, 3.63) is 0 Å². The molecule has 1 rings (SSSR count). The lowest BCUT2D eigenvalue weighted by molar-refractivity contribution is 0.245. The van der Waals surface area contributed by atoms with Crippen molar-refractivity contribution < 1.29 is 5.11 Å². The highest BCUT2D eigenvalue weighted by Gasteiger charge is 2.40. The van der Waals surface area contributed by atoms with Gasteiger partial charge in [-0.25, -0.2) is 0 Å². The Morgan fingerprint density at radius 1 is 1.67 bits per heavy atom. The van der Waals surface area contributed by atoms with Crippen LogP contribution in [0, 0.1) is 0 Å². The van der Waals surface area contributed by atoms with Crippen LogP contribution in [0.4, 0.5) is 0 Å². The van der Waals surface area contributed by atoms with Crippen LogP contribution in [0.5, 0.6) is 0 Å². The Hall–Kier alpha value is 0.270. The highest BCUT2D eigenvalue weighted by atomic mass is 32.2. The highest BCUT2D eigenvalue weighted by Crippen LogP contribution is 2.42. The molecule has 0 aromatic rings. The van der Waals surface area contributed by atoms with E-state index < -0.39 is 4.93 Å². The highest BCUT2D eigenvalue weighted by molar-refractivity contribution is 7.98. The summed E-state index contributed by atoms with van der Waals surface area (Å²) in [6.45, 7) is 0. The van der Waals surface area contributed by atoms with Gasteiger partial charge < -0.3 is 5.11 Å². The van der Waals surface area contributed by atoms with Gasteiger partial charge in [-0.1, -0.05) is 0 Å². The molecule has 0 aromatic heterocycles. The second kappa shape index (κ2) is 1.12. The molecule has 0 radical (unpaired) electrons. The van der Waals surface area contributed by atoms with Crippen molar-refractivity contribution in [2.24, 2.45) is 5.14 Å². The molecule has 1 aliphatic carbocycles. The van der Waals surface area contributed by atoms with Gasteiger partial charge in [0.2, 0.25) is 0 Å². The van der Waals surface area contributed by atoms with Gasteiger partial charge in [-0.2, -0.15) is 0 Å². The minimum atomic E-state index is -0.514. The lowest BCUT2D eigenvalue weighted by Crippen LogP contribution is -2.02. The van der Waals surface area contributed by atoms with Gasteiger partial charge in [0, 0.05) is 0 Å². The molecule has 0 unspecified atom stereocenters. The lowest BCUT2D eigenvalue weighted by atomic mass is 10.8. The molecule has 0 saturated heterocycles. The summed E-state index contributed by atoms with van der Waals surface area (Å²) >= 11 is 1.05. The fraction of sp³-hybridized carbons (Fsp3) is 1.00. The summed E-state index contributed by atoms with van der Waals surface area (Å²) in [6.07, 6.45) is 1.74. The second-order valence-electron chi connectivity index (χ2n) is 1.56. The van der Waals surface area contributed by atoms with E-state index in [0.717, 1.165) is 24.8 Å². The summed E-state index contributed by atoms with van der Waals surface area (Å²) in [5, 5.41) is 13.8. The summed E-state index contributed by atoms with van der Waals surface area (Å²) < 4.78 is 0. The molecule has 0 aliphatic heterocycles. The van der Waals surface area contributed by atoms with Crippen molar-refractivity contribution in [3.8, 4) is 0 Å². The molecule has 0 bridgehead atoms. The molecule has 1 saturated carbocycles. The van der Waals surface area contributed by atoms with Gasteiger partial charge in [-0.05, 0) is 24.8 Å². The quantitative estimate of drug-likeness (QED) is 0.366. The molecule has 2 nitrogen and oxygen atoms in total. The molecule has 0 amide bonds. The average molecular weight is 105 g/mol. The van der Waals surface area contributed by atoms with E-state index in [1.54, 1.807) is 0 Å². The standard InChI is InChI=1S/C3H7NOS/c4-6-3(5)1-2-3/h5H,1-2,4H2. The Balaban J connectivity index is 2.28. The molecule has 0 heterocycles. The Labute approximate surface area is 40.9 Å². The fourth-order valence-corrected chi connectivity index (χ4v) is 0.563. The van der Waals surface area contributed by atoms with Gasteiger partial charge in [0.15, 0.2) is 0 Å². The van der Waals surface area contributed by atoms with Crippen LogP contribution in [0.25, 0.3) is 0 Å². The maximum Gasteiger partial charge on any atom is 0.124 e. The van der Waals surface area contributed by atoms with Crippen molar-refractivity contribution in [2.75, 3.05) is 0 Å². The van der Waals surface area contributed by atoms with E-state index in [9.17, 15) is 0 Å². The zero-order chi connectivity index (χ0) is 4.62. The Morgan fingerprint density at radius 3 is 2.17 bits per heavy atom. The SMILES string of the molecule is NSC1(O)CC1. The third-order valence-corrected chi connectivity index (χ3v) is 1.74. The normalized spacial score (nSPS) is 27.0. The smallest absolute Gasteiger partial charge is 0.124 e. The summed E-state index contributed by atoms with van der Waals surface area (Å²) in [4.78, 5) is -0.514. The van der Waals surface area contributed by atoms with Crippen LogP contribution in [0.1, 0.15) is 12.8 Å². The molecular weight excluding hydrogens is 98.1 g/mol. The first-order valence-corrected chi connectivity index (χ1v) is 2.75. The first-order valence-electron chi connectivity index (χ1n) is 1.87. The van der Waals surface area contributed by atoms with Gasteiger partial charge in [0.25, 0.3) is 0 Å². The molecule has 0 aromatic carbocycles. The van der Waals surface area contributed by atoms with Gasteiger partial charge in [0.1, 0.15) is 4.93 Å². The van der Waals surface area contributed by atoms with Gasteiger partial charge in [0.05, 0.1) is 0 Å². The van der Waals surface area contributed by atoms with Gasteiger partial charge >= 0.3 is 0 Å². The number of aliphatic hydroxyl groups is 1. The topological polar surface area (TPSA) is 46.2 Å². The second-order valence-corrected chi connectivity index (χ2v) is 2.56. The molecule has 3 N–H and O–H groups in total. The zero-order valence-corrected chi connectivity index (χ0v) is 4.16. The van der Waals surface area contributed by atoms with Crippen molar-refractivity contribution in [1.29, 1.82) is 0 Å². The Morgan fingerprint density at radius 2 is 2.17 bits per heavy atom. The van der Waals surface area contributed by atoms with E-state index in [1.165, 1.54) is 0 Å². The first kappa shape index (κ1) is 4.43.